The molecular formula is C34H37N3O. The number of nitrogens with zero attached hydrogens (tertiary/aromatic N) is 3. The average molecular weight is 504 g/mol. The summed E-state index contributed by atoms with van der Waals surface area (Å²) in [4.78, 5) is 7.18. The molecule has 0 bridgehead atoms. The number of benzene rings is 3. The first kappa shape index (κ1) is 26.9. The van der Waals surface area contributed by atoms with Crippen molar-refractivity contribution in [3.63, 3.8) is 0 Å². The van der Waals surface area contributed by atoms with Crippen molar-refractivity contribution in [1.82, 2.24) is 0 Å². The van der Waals surface area contributed by atoms with Crippen LogP contribution in [0.25, 0.3) is 11.1 Å². The van der Waals surface area contributed by atoms with Crippen molar-refractivity contribution in [2.45, 2.75) is 65.9 Å². The molecular weight excluding hydrogens is 466 g/mol. The molecule has 0 radical (unpaired) electrons. The van der Waals surface area contributed by atoms with Gasteiger partial charge in [0.2, 0.25) is 0 Å². The van der Waals surface area contributed by atoms with Gasteiger partial charge in [0, 0.05) is 29.1 Å². The Bertz CT molecular complexity index is 1370. The molecule has 3 aromatic rings. The lowest BCUT2D eigenvalue weighted by Crippen LogP contribution is -2.32. The zero-order valence-electron chi connectivity index (χ0n) is 23.0. The standard InChI is InChI=1S/C34H37N3O/c1-6-11-34-33(22-26-14-16-27(17-15-26)32-13-10-9-12-28(32)23-35)24(4)37(25(5)36-34)29-18-20-31(21-19-29)38-30(7-2)8-3/h9-10,12-21,30H,4,6-8,11,22H2,1-3,5H3. The van der Waals surface area contributed by atoms with Crippen molar-refractivity contribution in [3.05, 3.63) is 107 Å². The number of rotatable bonds is 10. The van der Waals surface area contributed by atoms with Crippen molar-refractivity contribution >= 4 is 11.5 Å². The Kier molecular flexibility index (Phi) is 8.81. The van der Waals surface area contributed by atoms with E-state index in [4.69, 9.17) is 9.73 Å². The Morgan fingerprint density at radius 2 is 1.63 bits per heavy atom. The predicted octanol–water partition coefficient (Wildman–Crippen LogP) is 8.84. The second-order valence-corrected chi connectivity index (χ2v) is 9.70. The molecule has 0 aliphatic carbocycles. The molecule has 0 fully saturated rings. The van der Waals surface area contributed by atoms with Crippen LogP contribution in [0.4, 0.5) is 5.69 Å². The average Bonchev–Trinajstić information content (AvgIpc) is 2.95. The van der Waals surface area contributed by atoms with Crippen LogP contribution >= 0.6 is 0 Å². The summed E-state index contributed by atoms with van der Waals surface area (Å²) < 4.78 is 6.12. The van der Waals surface area contributed by atoms with E-state index in [1.807, 2.05) is 43.3 Å². The minimum atomic E-state index is 0.236. The summed E-state index contributed by atoms with van der Waals surface area (Å²) in [7, 11) is 0. The van der Waals surface area contributed by atoms with E-state index in [1.165, 1.54) is 11.1 Å². The SMILES string of the molecule is C=C1C(Cc2ccc(-c3ccccc3C#N)cc2)=C(CCC)N=C(C)N1c1ccc(OC(CC)CC)cc1. The number of allylic oxidation sites excluding steroid dienone is 2. The van der Waals surface area contributed by atoms with Gasteiger partial charge in [0.1, 0.15) is 11.6 Å². The smallest absolute Gasteiger partial charge is 0.119 e. The van der Waals surface area contributed by atoms with Crippen LogP contribution < -0.4 is 9.64 Å². The minimum absolute atomic E-state index is 0.236. The lowest BCUT2D eigenvalue weighted by molar-refractivity contribution is 0.193. The van der Waals surface area contributed by atoms with Crippen molar-refractivity contribution in [2.24, 2.45) is 4.99 Å². The molecule has 1 aliphatic rings. The first-order chi connectivity index (χ1) is 18.5. The molecule has 0 unspecified atom stereocenters. The maximum Gasteiger partial charge on any atom is 0.119 e. The van der Waals surface area contributed by atoms with Gasteiger partial charge in [-0.3, -0.25) is 4.90 Å². The van der Waals surface area contributed by atoms with Gasteiger partial charge in [0.25, 0.3) is 0 Å². The molecule has 0 saturated heterocycles. The molecule has 38 heavy (non-hydrogen) atoms. The van der Waals surface area contributed by atoms with Crippen LogP contribution in [0.5, 0.6) is 5.75 Å². The zero-order chi connectivity index (χ0) is 27.1. The van der Waals surface area contributed by atoms with Crippen LogP contribution in [0.3, 0.4) is 0 Å². The maximum absolute atomic E-state index is 9.49. The van der Waals surface area contributed by atoms with Gasteiger partial charge in [-0.05, 0) is 73.2 Å². The Balaban J connectivity index is 1.59. The van der Waals surface area contributed by atoms with Gasteiger partial charge < -0.3 is 4.74 Å². The molecule has 194 valence electrons. The van der Waals surface area contributed by atoms with Crippen LogP contribution in [-0.4, -0.2) is 11.9 Å². The molecule has 4 heteroatoms. The van der Waals surface area contributed by atoms with Crippen molar-refractivity contribution in [1.29, 1.82) is 5.26 Å². The third-order valence-electron chi connectivity index (χ3n) is 7.08. The van der Waals surface area contributed by atoms with Gasteiger partial charge in [-0.1, -0.05) is 76.2 Å². The summed E-state index contributed by atoms with van der Waals surface area (Å²) in [6, 6.07) is 26.8. The molecule has 0 amide bonds. The number of aliphatic imine (C=N–C) groups is 1. The highest BCUT2D eigenvalue weighted by atomic mass is 16.5. The lowest BCUT2D eigenvalue weighted by atomic mass is 9.94. The number of hydrogen-bond donors (Lipinski definition) is 0. The Morgan fingerprint density at radius 1 is 0.947 bits per heavy atom. The molecule has 0 aromatic heterocycles. The van der Waals surface area contributed by atoms with Crippen LogP contribution in [0.1, 0.15) is 64.5 Å². The van der Waals surface area contributed by atoms with Crippen LogP contribution in [0.15, 0.2) is 101 Å². The second-order valence-electron chi connectivity index (χ2n) is 9.70. The molecule has 0 atom stereocenters. The first-order valence-corrected chi connectivity index (χ1v) is 13.6. The second kappa shape index (κ2) is 12.4. The molecule has 0 N–H and O–H groups in total. The zero-order valence-corrected chi connectivity index (χ0v) is 23.0. The normalized spacial score (nSPS) is 13.5. The monoisotopic (exact) mass is 503 g/mol. The number of anilines is 1. The molecule has 4 rings (SSSR count). The molecule has 3 aromatic carbocycles. The van der Waals surface area contributed by atoms with Crippen LogP contribution in [-0.2, 0) is 6.42 Å². The van der Waals surface area contributed by atoms with Gasteiger partial charge >= 0.3 is 0 Å². The fourth-order valence-electron chi connectivity index (χ4n) is 4.96. The number of hydrogen-bond acceptors (Lipinski definition) is 4. The highest BCUT2D eigenvalue weighted by Crippen LogP contribution is 2.35. The summed E-state index contributed by atoms with van der Waals surface area (Å²) in [6.07, 6.45) is 4.90. The first-order valence-electron chi connectivity index (χ1n) is 13.6. The van der Waals surface area contributed by atoms with E-state index >= 15 is 0 Å². The van der Waals surface area contributed by atoms with Gasteiger partial charge in [0.15, 0.2) is 0 Å². The molecule has 4 nitrogen and oxygen atoms in total. The summed E-state index contributed by atoms with van der Waals surface area (Å²) >= 11 is 0. The van der Waals surface area contributed by atoms with Crippen molar-refractivity contribution in [3.8, 4) is 22.9 Å². The van der Waals surface area contributed by atoms with Gasteiger partial charge in [-0.25, -0.2) is 4.99 Å². The van der Waals surface area contributed by atoms with Crippen LogP contribution in [0, 0.1) is 11.3 Å². The minimum Gasteiger partial charge on any atom is -0.490 e. The number of ether oxygens (including phenoxy) is 1. The van der Waals surface area contributed by atoms with Gasteiger partial charge in [-0.15, -0.1) is 0 Å². The quantitative estimate of drug-likeness (QED) is 0.278. The van der Waals surface area contributed by atoms with E-state index in [1.54, 1.807) is 0 Å². The fourth-order valence-corrected chi connectivity index (χ4v) is 4.96. The molecule has 1 aliphatic heterocycles. The Hall–Kier alpha value is -4.10. The summed E-state index contributed by atoms with van der Waals surface area (Å²) in [6.45, 7) is 13.1. The fraction of sp³-hybridized carbons (Fsp3) is 0.294. The topological polar surface area (TPSA) is 48.6 Å². The van der Waals surface area contributed by atoms with E-state index < -0.39 is 0 Å². The van der Waals surface area contributed by atoms with E-state index in [0.29, 0.717) is 5.56 Å². The lowest BCUT2D eigenvalue weighted by Gasteiger charge is -2.33. The third-order valence-corrected chi connectivity index (χ3v) is 7.08. The molecule has 0 spiro atoms. The highest BCUT2D eigenvalue weighted by molar-refractivity contribution is 6.01. The van der Waals surface area contributed by atoms with E-state index in [-0.39, 0.29) is 6.10 Å². The summed E-state index contributed by atoms with van der Waals surface area (Å²) in [5.74, 6) is 1.82. The van der Waals surface area contributed by atoms with E-state index in [9.17, 15) is 5.26 Å². The van der Waals surface area contributed by atoms with E-state index in [2.05, 4.69) is 74.7 Å². The predicted molar refractivity (Wildman–Crippen MR) is 158 cm³/mol. The molecule has 1 heterocycles. The van der Waals surface area contributed by atoms with Gasteiger partial charge in [0.05, 0.1) is 17.7 Å². The Morgan fingerprint density at radius 3 is 2.26 bits per heavy atom. The van der Waals surface area contributed by atoms with Crippen molar-refractivity contribution < 1.29 is 4.74 Å². The summed E-state index contributed by atoms with van der Waals surface area (Å²) in [5, 5.41) is 9.49. The number of nitriles is 1. The van der Waals surface area contributed by atoms with Crippen molar-refractivity contribution in [2.75, 3.05) is 4.90 Å². The largest absolute Gasteiger partial charge is 0.490 e. The van der Waals surface area contributed by atoms with Gasteiger partial charge in [-0.2, -0.15) is 5.26 Å². The highest BCUT2D eigenvalue weighted by Gasteiger charge is 2.25. The number of amidine groups is 1. The summed E-state index contributed by atoms with van der Waals surface area (Å²) in [5.41, 5.74) is 8.15. The third kappa shape index (κ3) is 5.89. The Labute approximate surface area is 227 Å². The van der Waals surface area contributed by atoms with Crippen LogP contribution in [0.2, 0.25) is 0 Å². The maximum atomic E-state index is 9.49. The molecule has 0 saturated carbocycles. The van der Waals surface area contributed by atoms with E-state index in [0.717, 1.165) is 71.9 Å².